The lowest BCUT2D eigenvalue weighted by atomic mass is 9.88. The van der Waals surface area contributed by atoms with Crippen LogP contribution in [0.3, 0.4) is 0 Å². The first-order valence-corrected chi connectivity index (χ1v) is 5.94. The van der Waals surface area contributed by atoms with Gasteiger partial charge in [-0.05, 0) is 52.3 Å². The molecule has 0 aromatic carbocycles. The Morgan fingerprint density at radius 3 is 2.47 bits per heavy atom. The molecule has 0 aromatic rings. The molecule has 0 aromatic heterocycles. The molecule has 98 valence electrons. The molecule has 4 heteroatoms. The highest BCUT2D eigenvalue weighted by molar-refractivity contribution is 5.31. The van der Waals surface area contributed by atoms with E-state index in [1.54, 1.807) is 13.0 Å². The maximum atomic E-state index is 9.88. The number of rotatable bonds is 3. The van der Waals surface area contributed by atoms with Gasteiger partial charge in [0.1, 0.15) is 5.76 Å². The van der Waals surface area contributed by atoms with Gasteiger partial charge >= 0.3 is 0 Å². The van der Waals surface area contributed by atoms with Gasteiger partial charge in [-0.1, -0.05) is 6.08 Å². The van der Waals surface area contributed by atoms with E-state index in [2.05, 4.69) is 26.1 Å². The Morgan fingerprint density at radius 1 is 1.35 bits per heavy atom. The molecule has 1 aliphatic rings. The minimum atomic E-state index is -1.94. The van der Waals surface area contributed by atoms with Crippen molar-refractivity contribution in [2.45, 2.75) is 45.4 Å². The van der Waals surface area contributed by atoms with Crippen molar-refractivity contribution in [1.29, 1.82) is 0 Å². The predicted molar refractivity (Wildman–Crippen MR) is 67.5 cm³/mol. The fraction of sp³-hybridized carbons (Fsp3) is 0.692. The van der Waals surface area contributed by atoms with Crippen LogP contribution >= 0.6 is 0 Å². The third kappa shape index (κ3) is 3.84. The Bertz CT molecular complexity index is 337. The van der Waals surface area contributed by atoms with E-state index in [1.807, 2.05) is 0 Å². The second-order valence-electron chi connectivity index (χ2n) is 5.68. The van der Waals surface area contributed by atoms with Gasteiger partial charge in [-0.2, -0.15) is 0 Å². The summed E-state index contributed by atoms with van der Waals surface area (Å²) in [5.41, 5.74) is 0.797. The summed E-state index contributed by atoms with van der Waals surface area (Å²) in [5.74, 6) is -2.56. The van der Waals surface area contributed by atoms with Gasteiger partial charge in [-0.3, -0.25) is 0 Å². The molecule has 0 aliphatic heterocycles. The molecule has 17 heavy (non-hydrogen) atoms. The molecule has 0 heterocycles. The summed E-state index contributed by atoms with van der Waals surface area (Å²) in [6.45, 7) is 8.56. The van der Waals surface area contributed by atoms with Crippen LogP contribution in [0.15, 0.2) is 23.5 Å². The molecular formula is C13H23NO3. The van der Waals surface area contributed by atoms with Crippen molar-refractivity contribution >= 4 is 0 Å². The molecular weight excluding hydrogens is 218 g/mol. The third-order valence-corrected chi connectivity index (χ3v) is 2.96. The summed E-state index contributed by atoms with van der Waals surface area (Å²) >= 11 is 0. The first-order chi connectivity index (χ1) is 7.63. The van der Waals surface area contributed by atoms with Crippen LogP contribution in [0.4, 0.5) is 0 Å². The van der Waals surface area contributed by atoms with E-state index < -0.39 is 11.7 Å². The summed E-state index contributed by atoms with van der Waals surface area (Å²) in [6.07, 6.45) is 3.57. The molecule has 0 spiro atoms. The summed E-state index contributed by atoms with van der Waals surface area (Å²) in [5, 5.41) is 32.3. The molecule has 1 unspecified atom stereocenters. The van der Waals surface area contributed by atoms with E-state index in [0.29, 0.717) is 6.42 Å². The van der Waals surface area contributed by atoms with E-state index >= 15 is 0 Å². The highest BCUT2D eigenvalue weighted by Crippen LogP contribution is 2.30. The van der Waals surface area contributed by atoms with E-state index in [0.717, 1.165) is 12.1 Å². The van der Waals surface area contributed by atoms with Crippen LogP contribution in [0, 0.1) is 5.92 Å². The molecule has 1 rings (SSSR count). The maximum Gasteiger partial charge on any atom is 0.192 e. The van der Waals surface area contributed by atoms with Crippen molar-refractivity contribution in [3.05, 3.63) is 23.5 Å². The fourth-order valence-electron chi connectivity index (χ4n) is 1.72. The van der Waals surface area contributed by atoms with Crippen molar-refractivity contribution in [1.82, 2.24) is 5.32 Å². The summed E-state index contributed by atoms with van der Waals surface area (Å²) in [4.78, 5) is 0. The lowest BCUT2D eigenvalue weighted by molar-refractivity contribution is -0.154. The Hall–Kier alpha value is -0.840. The standard InChI is InChI=1S/C13H23NO3/c1-9-11(15)10(5-7-13(9,16)17)6-8-14-12(2,3)4/h5,7,9,14-17H,6,8H2,1-4H3. The first-order valence-electron chi connectivity index (χ1n) is 5.94. The summed E-state index contributed by atoms with van der Waals surface area (Å²) in [6, 6.07) is 0. The van der Waals surface area contributed by atoms with Gasteiger partial charge in [-0.15, -0.1) is 0 Å². The van der Waals surface area contributed by atoms with E-state index in [1.165, 1.54) is 6.08 Å². The Kier molecular flexibility index (Phi) is 4.02. The molecule has 0 amide bonds. The van der Waals surface area contributed by atoms with Crippen molar-refractivity contribution < 1.29 is 15.3 Å². The normalized spacial score (nSPS) is 24.2. The Balaban J connectivity index is 2.61. The van der Waals surface area contributed by atoms with E-state index in [-0.39, 0.29) is 11.3 Å². The highest BCUT2D eigenvalue weighted by atomic mass is 16.5. The van der Waals surface area contributed by atoms with Crippen molar-refractivity contribution in [2.24, 2.45) is 5.92 Å². The molecule has 1 atom stereocenters. The number of hydrogen-bond donors (Lipinski definition) is 4. The lowest BCUT2D eigenvalue weighted by Crippen LogP contribution is -2.38. The molecule has 0 saturated heterocycles. The quantitative estimate of drug-likeness (QED) is 0.565. The van der Waals surface area contributed by atoms with Gasteiger partial charge in [0.05, 0.1) is 5.92 Å². The third-order valence-electron chi connectivity index (χ3n) is 2.96. The topological polar surface area (TPSA) is 72.7 Å². The zero-order valence-corrected chi connectivity index (χ0v) is 11.0. The van der Waals surface area contributed by atoms with Gasteiger partial charge in [0.2, 0.25) is 0 Å². The minimum Gasteiger partial charge on any atom is -0.512 e. The minimum absolute atomic E-state index is 0.0396. The van der Waals surface area contributed by atoms with Gasteiger partial charge < -0.3 is 20.6 Å². The van der Waals surface area contributed by atoms with Crippen LogP contribution in [0.25, 0.3) is 0 Å². The molecule has 0 radical (unpaired) electrons. The molecule has 1 aliphatic carbocycles. The predicted octanol–water partition coefficient (Wildman–Crippen LogP) is 1.46. The number of allylic oxidation sites excluding steroid dienone is 1. The van der Waals surface area contributed by atoms with Gasteiger partial charge in [-0.25, -0.2) is 0 Å². The van der Waals surface area contributed by atoms with Crippen LogP contribution in [0.2, 0.25) is 0 Å². The molecule has 4 N–H and O–H groups in total. The van der Waals surface area contributed by atoms with Crippen LogP contribution in [-0.4, -0.2) is 33.2 Å². The first kappa shape index (κ1) is 14.2. The van der Waals surface area contributed by atoms with Crippen LogP contribution in [-0.2, 0) is 0 Å². The lowest BCUT2D eigenvalue weighted by Gasteiger charge is -2.30. The van der Waals surface area contributed by atoms with Crippen LogP contribution < -0.4 is 5.32 Å². The number of hydrogen-bond acceptors (Lipinski definition) is 4. The van der Waals surface area contributed by atoms with Crippen LogP contribution in [0.5, 0.6) is 0 Å². The largest absolute Gasteiger partial charge is 0.512 e. The summed E-state index contributed by atoms with van der Waals surface area (Å²) in [7, 11) is 0. The Morgan fingerprint density at radius 2 is 1.94 bits per heavy atom. The number of aliphatic hydroxyl groups is 3. The van der Waals surface area contributed by atoms with E-state index in [4.69, 9.17) is 0 Å². The SMILES string of the molecule is CC1C(O)=C(CCNC(C)(C)C)C=CC1(O)O. The van der Waals surface area contributed by atoms with Gasteiger partial charge in [0, 0.05) is 5.54 Å². The molecule has 4 nitrogen and oxygen atoms in total. The van der Waals surface area contributed by atoms with Crippen LogP contribution in [0.1, 0.15) is 34.1 Å². The van der Waals surface area contributed by atoms with E-state index in [9.17, 15) is 15.3 Å². The zero-order chi connectivity index (χ0) is 13.3. The van der Waals surface area contributed by atoms with Crippen molar-refractivity contribution in [3.63, 3.8) is 0 Å². The second-order valence-corrected chi connectivity index (χ2v) is 5.68. The average molecular weight is 241 g/mol. The smallest absolute Gasteiger partial charge is 0.192 e. The zero-order valence-electron chi connectivity index (χ0n) is 11.0. The fourth-order valence-corrected chi connectivity index (χ4v) is 1.72. The number of aliphatic hydroxyl groups excluding tert-OH is 1. The summed E-state index contributed by atoms with van der Waals surface area (Å²) < 4.78 is 0. The average Bonchev–Trinajstić information content (AvgIpc) is 2.17. The highest BCUT2D eigenvalue weighted by Gasteiger charge is 2.35. The van der Waals surface area contributed by atoms with Crippen molar-refractivity contribution in [2.75, 3.05) is 6.54 Å². The van der Waals surface area contributed by atoms with Crippen molar-refractivity contribution in [3.8, 4) is 0 Å². The maximum absolute atomic E-state index is 9.88. The molecule has 0 saturated carbocycles. The second kappa shape index (κ2) is 4.80. The van der Waals surface area contributed by atoms with Gasteiger partial charge in [0.15, 0.2) is 5.79 Å². The number of nitrogens with one attached hydrogen (secondary N) is 1. The van der Waals surface area contributed by atoms with Gasteiger partial charge in [0.25, 0.3) is 0 Å². The molecule has 0 bridgehead atoms. The molecule has 0 fully saturated rings. The monoisotopic (exact) mass is 241 g/mol. The Labute approximate surface area is 103 Å².